The molecule has 0 fully saturated rings. The third-order valence-corrected chi connectivity index (χ3v) is 4.74. The Balaban J connectivity index is 1.91. The topological polar surface area (TPSA) is 33.2 Å². The van der Waals surface area contributed by atoms with Crippen molar-refractivity contribution in [1.29, 1.82) is 0 Å². The predicted octanol–water partition coefficient (Wildman–Crippen LogP) is 3.72. The van der Waals surface area contributed by atoms with Crippen LogP contribution < -0.4 is 0 Å². The van der Waals surface area contributed by atoms with Gasteiger partial charge in [-0.2, -0.15) is 0 Å². The molecule has 0 unspecified atom stereocenters. The first-order valence-corrected chi connectivity index (χ1v) is 8.30. The molecule has 1 aromatic heterocycles. The standard InChI is InChI=1S/C14H15ClN2OS2/c1-17(2)14(18)7-13-16-11(9-20-13)8-19-12-5-3-4-10(15)6-12/h3-6,9H,7-8H2,1-2H3. The number of carbonyl (C=O) groups is 1. The smallest absolute Gasteiger partial charge is 0.228 e. The lowest BCUT2D eigenvalue weighted by Gasteiger charge is -2.07. The van der Waals surface area contributed by atoms with Crippen molar-refractivity contribution in [3.8, 4) is 0 Å². The molecule has 0 aliphatic carbocycles. The molecular formula is C14H15ClN2OS2. The molecule has 0 spiro atoms. The molecule has 0 aliphatic heterocycles. The zero-order chi connectivity index (χ0) is 14.5. The van der Waals surface area contributed by atoms with Crippen LogP contribution in [-0.4, -0.2) is 29.9 Å². The first-order valence-electron chi connectivity index (χ1n) is 6.06. The van der Waals surface area contributed by atoms with Crippen molar-refractivity contribution >= 4 is 40.6 Å². The second kappa shape index (κ2) is 7.11. The molecule has 2 aromatic rings. The molecule has 0 saturated heterocycles. The number of thioether (sulfide) groups is 1. The Morgan fingerprint density at radius 1 is 1.45 bits per heavy atom. The Kier molecular flexibility index (Phi) is 5.46. The molecule has 0 N–H and O–H groups in total. The van der Waals surface area contributed by atoms with E-state index in [9.17, 15) is 4.79 Å². The van der Waals surface area contributed by atoms with Gasteiger partial charge in [0.1, 0.15) is 5.01 Å². The van der Waals surface area contributed by atoms with Gasteiger partial charge < -0.3 is 4.90 Å². The Labute approximate surface area is 132 Å². The van der Waals surface area contributed by atoms with Gasteiger partial charge in [0.2, 0.25) is 5.91 Å². The Morgan fingerprint density at radius 2 is 2.25 bits per heavy atom. The second-order valence-electron chi connectivity index (χ2n) is 4.44. The van der Waals surface area contributed by atoms with Crippen molar-refractivity contribution in [2.75, 3.05) is 14.1 Å². The van der Waals surface area contributed by atoms with E-state index in [1.165, 1.54) is 11.3 Å². The van der Waals surface area contributed by atoms with Crippen LogP contribution in [0.3, 0.4) is 0 Å². The number of likely N-dealkylation sites (N-methyl/N-ethyl adjacent to an activating group) is 1. The molecule has 0 atom stereocenters. The van der Waals surface area contributed by atoms with E-state index in [0.717, 1.165) is 26.4 Å². The zero-order valence-corrected chi connectivity index (χ0v) is 13.7. The van der Waals surface area contributed by atoms with Gasteiger partial charge in [0.15, 0.2) is 0 Å². The monoisotopic (exact) mass is 326 g/mol. The lowest BCUT2D eigenvalue weighted by molar-refractivity contribution is -0.127. The molecule has 6 heteroatoms. The third-order valence-electron chi connectivity index (χ3n) is 2.58. The summed E-state index contributed by atoms with van der Waals surface area (Å²) < 4.78 is 0. The molecule has 2 rings (SSSR count). The fourth-order valence-electron chi connectivity index (χ4n) is 1.50. The lowest BCUT2D eigenvalue weighted by atomic mass is 10.4. The third kappa shape index (κ3) is 4.51. The van der Waals surface area contributed by atoms with Crippen LogP contribution in [0.1, 0.15) is 10.7 Å². The molecular weight excluding hydrogens is 312 g/mol. The summed E-state index contributed by atoms with van der Waals surface area (Å²) in [4.78, 5) is 18.8. The van der Waals surface area contributed by atoms with Crippen molar-refractivity contribution < 1.29 is 4.79 Å². The van der Waals surface area contributed by atoms with E-state index < -0.39 is 0 Å². The largest absolute Gasteiger partial charge is 0.348 e. The Morgan fingerprint density at radius 3 is 2.95 bits per heavy atom. The van der Waals surface area contributed by atoms with E-state index >= 15 is 0 Å². The molecule has 106 valence electrons. The number of carbonyl (C=O) groups excluding carboxylic acids is 1. The number of nitrogens with zero attached hydrogens (tertiary/aromatic N) is 2. The maximum atomic E-state index is 11.6. The highest BCUT2D eigenvalue weighted by molar-refractivity contribution is 7.98. The number of hydrogen-bond donors (Lipinski definition) is 0. The Hall–Kier alpha value is -1.04. The van der Waals surface area contributed by atoms with Crippen molar-refractivity contribution in [3.05, 3.63) is 45.4 Å². The van der Waals surface area contributed by atoms with Gasteiger partial charge in [-0.25, -0.2) is 4.98 Å². The summed E-state index contributed by atoms with van der Waals surface area (Å²) in [6, 6.07) is 7.76. The molecule has 1 amide bonds. The highest BCUT2D eigenvalue weighted by atomic mass is 35.5. The van der Waals surface area contributed by atoms with Gasteiger partial charge in [-0.15, -0.1) is 23.1 Å². The number of thiazole rings is 1. The van der Waals surface area contributed by atoms with Crippen LogP contribution in [0.4, 0.5) is 0 Å². The van der Waals surface area contributed by atoms with E-state index in [4.69, 9.17) is 11.6 Å². The van der Waals surface area contributed by atoms with Gasteiger partial charge in [-0.3, -0.25) is 4.79 Å². The van der Waals surface area contributed by atoms with Gasteiger partial charge >= 0.3 is 0 Å². The molecule has 20 heavy (non-hydrogen) atoms. The minimum absolute atomic E-state index is 0.0772. The van der Waals surface area contributed by atoms with Crippen LogP contribution in [0.5, 0.6) is 0 Å². The number of amides is 1. The summed E-state index contributed by atoms with van der Waals surface area (Å²) in [5, 5.41) is 3.62. The average molecular weight is 327 g/mol. The minimum atomic E-state index is 0.0772. The fraction of sp³-hybridized carbons (Fsp3) is 0.286. The minimum Gasteiger partial charge on any atom is -0.348 e. The van der Waals surface area contributed by atoms with Crippen LogP contribution in [-0.2, 0) is 17.0 Å². The number of benzene rings is 1. The molecule has 0 saturated carbocycles. The first-order chi connectivity index (χ1) is 9.54. The molecule has 1 heterocycles. The SMILES string of the molecule is CN(C)C(=O)Cc1nc(CSc2cccc(Cl)c2)cs1. The van der Waals surface area contributed by atoms with E-state index in [0.29, 0.717) is 6.42 Å². The van der Waals surface area contributed by atoms with Gasteiger partial charge in [-0.05, 0) is 18.2 Å². The molecule has 1 aromatic carbocycles. The van der Waals surface area contributed by atoms with Crippen LogP contribution in [0.15, 0.2) is 34.5 Å². The highest BCUT2D eigenvalue weighted by Gasteiger charge is 2.09. The predicted molar refractivity (Wildman–Crippen MR) is 85.5 cm³/mol. The molecule has 0 radical (unpaired) electrons. The van der Waals surface area contributed by atoms with Gasteiger partial charge in [0.05, 0.1) is 12.1 Å². The Bertz CT molecular complexity index is 598. The van der Waals surface area contributed by atoms with Crippen molar-refractivity contribution in [1.82, 2.24) is 9.88 Å². The van der Waals surface area contributed by atoms with E-state index in [1.807, 2.05) is 29.6 Å². The summed E-state index contributed by atoms with van der Waals surface area (Å²) in [6.07, 6.45) is 0.375. The highest BCUT2D eigenvalue weighted by Crippen LogP contribution is 2.25. The van der Waals surface area contributed by atoms with Crippen LogP contribution in [0.2, 0.25) is 5.02 Å². The quantitative estimate of drug-likeness (QED) is 0.785. The lowest BCUT2D eigenvalue weighted by Crippen LogP contribution is -2.23. The van der Waals surface area contributed by atoms with Gasteiger partial charge in [-0.1, -0.05) is 17.7 Å². The van der Waals surface area contributed by atoms with Crippen LogP contribution >= 0.6 is 34.7 Å². The zero-order valence-electron chi connectivity index (χ0n) is 11.3. The molecule has 0 bridgehead atoms. The van der Waals surface area contributed by atoms with Crippen molar-refractivity contribution in [2.45, 2.75) is 17.1 Å². The fourth-order valence-corrected chi connectivity index (χ4v) is 3.49. The van der Waals surface area contributed by atoms with Crippen LogP contribution in [0.25, 0.3) is 0 Å². The average Bonchev–Trinajstić information content (AvgIpc) is 2.84. The summed E-state index contributed by atoms with van der Waals surface area (Å²) in [7, 11) is 3.51. The second-order valence-corrected chi connectivity index (χ2v) is 6.87. The number of hydrogen-bond acceptors (Lipinski definition) is 4. The summed E-state index contributed by atoms with van der Waals surface area (Å²) >= 11 is 9.17. The summed E-state index contributed by atoms with van der Waals surface area (Å²) in [6.45, 7) is 0. The number of rotatable bonds is 5. The first kappa shape index (κ1) is 15.4. The number of halogens is 1. The maximum Gasteiger partial charge on any atom is 0.228 e. The summed E-state index contributed by atoms with van der Waals surface area (Å²) in [5.41, 5.74) is 1.00. The van der Waals surface area contributed by atoms with E-state index in [2.05, 4.69) is 4.98 Å². The van der Waals surface area contributed by atoms with Gasteiger partial charge in [0, 0.05) is 35.1 Å². The molecule has 0 aliphatic rings. The van der Waals surface area contributed by atoms with E-state index in [-0.39, 0.29) is 5.91 Å². The van der Waals surface area contributed by atoms with Gasteiger partial charge in [0.25, 0.3) is 0 Å². The number of aromatic nitrogens is 1. The maximum absolute atomic E-state index is 11.6. The van der Waals surface area contributed by atoms with Crippen molar-refractivity contribution in [2.24, 2.45) is 0 Å². The summed E-state index contributed by atoms with van der Waals surface area (Å²) in [5.74, 6) is 0.862. The van der Waals surface area contributed by atoms with Crippen LogP contribution in [0, 0.1) is 0 Å². The van der Waals surface area contributed by atoms with E-state index in [1.54, 1.807) is 30.8 Å². The van der Waals surface area contributed by atoms with Crippen molar-refractivity contribution in [3.63, 3.8) is 0 Å². The normalized spacial score (nSPS) is 10.6. The molecule has 3 nitrogen and oxygen atoms in total.